The van der Waals surface area contributed by atoms with Gasteiger partial charge in [-0.15, -0.1) is 0 Å². The fourth-order valence-corrected chi connectivity index (χ4v) is 3.12. The van der Waals surface area contributed by atoms with E-state index in [1.165, 1.54) is 16.3 Å². The van der Waals surface area contributed by atoms with Gasteiger partial charge in [0.05, 0.1) is 6.54 Å². The van der Waals surface area contributed by atoms with Crippen LogP contribution in [0.5, 0.6) is 5.75 Å². The number of amides is 1. The second-order valence-electron chi connectivity index (χ2n) is 6.65. The smallest absolute Gasteiger partial charge is 0.223 e. The molecule has 0 aromatic heterocycles. The molecule has 0 heterocycles. The average Bonchev–Trinajstić information content (AvgIpc) is 2.66. The number of para-hydroxylation sites is 1. The summed E-state index contributed by atoms with van der Waals surface area (Å²) in [6.45, 7) is 4.96. The molecule has 3 aromatic carbocycles. The number of hydrogen-bond donors (Lipinski definition) is 1. The van der Waals surface area contributed by atoms with E-state index in [0.717, 1.165) is 17.7 Å². The van der Waals surface area contributed by atoms with E-state index in [0.29, 0.717) is 13.2 Å². The highest BCUT2D eigenvalue weighted by Gasteiger charge is 2.14. The van der Waals surface area contributed by atoms with Crippen LogP contribution < -0.4 is 10.1 Å². The van der Waals surface area contributed by atoms with E-state index in [-0.39, 0.29) is 11.8 Å². The summed E-state index contributed by atoms with van der Waals surface area (Å²) in [5.74, 6) is 0.844. The summed E-state index contributed by atoms with van der Waals surface area (Å²) in [5.41, 5.74) is 2.31. The van der Waals surface area contributed by atoms with Gasteiger partial charge in [0.25, 0.3) is 0 Å². The van der Waals surface area contributed by atoms with Gasteiger partial charge in [-0.25, -0.2) is 0 Å². The highest BCUT2D eigenvalue weighted by Crippen LogP contribution is 2.21. The van der Waals surface area contributed by atoms with Gasteiger partial charge in [0.2, 0.25) is 5.91 Å². The zero-order valence-electron chi connectivity index (χ0n) is 15.4. The summed E-state index contributed by atoms with van der Waals surface area (Å²) < 4.78 is 5.73. The summed E-state index contributed by atoms with van der Waals surface area (Å²) in [6, 6.07) is 22.5. The van der Waals surface area contributed by atoms with Gasteiger partial charge in [-0.3, -0.25) is 4.79 Å². The molecule has 3 nitrogen and oxygen atoms in total. The van der Waals surface area contributed by atoms with Gasteiger partial charge in [0.1, 0.15) is 12.4 Å². The van der Waals surface area contributed by atoms with Gasteiger partial charge in [-0.1, -0.05) is 67.6 Å². The van der Waals surface area contributed by atoms with Crippen molar-refractivity contribution in [2.24, 2.45) is 5.92 Å². The Bertz CT molecular complexity index is 883. The molecule has 0 aliphatic rings. The lowest BCUT2D eigenvalue weighted by Gasteiger charge is -2.14. The van der Waals surface area contributed by atoms with Crippen molar-refractivity contribution in [2.75, 3.05) is 13.2 Å². The summed E-state index contributed by atoms with van der Waals surface area (Å²) in [4.78, 5) is 12.4. The van der Waals surface area contributed by atoms with Crippen LogP contribution in [0.3, 0.4) is 0 Å². The fraction of sp³-hybridized carbons (Fsp3) is 0.261. The Hall–Kier alpha value is -2.81. The third-order valence-corrected chi connectivity index (χ3v) is 4.61. The predicted octanol–water partition coefficient (Wildman–Crippen LogP) is 4.52. The number of rotatable bonds is 7. The zero-order chi connectivity index (χ0) is 18.4. The largest absolute Gasteiger partial charge is 0.491 e. The minimum atomic E-state index is -0.0840. The highest BCUT2D eigenvalue weighted by atomic mass is 16.5. The number of benzene rings is 3. The molecule has 0 aliphatic heterocycles. The van der Waals surface area contributed by atoms with Crippen LogP contribution in [0.25, 0.3) is 10.8 Å². The standard InChI is InChI=1S/C23H25NO2/c1-17-8-3-6-13-22(17)26-15-14-24-23(25)18(2)16-20-11-7-10-19-9-4-5-12-21(19)20/h3-13,18H,14-16H2,1-2H3,(H,24,25)/t18-/m0/s1. The number of fused-ring (bicyclic) bond motifs is 1. The molecular formula is C23H25NO2. The zero-order valence-corrected chi connectivity index (χ0v) is 15.4. The maximum atomic E-state index is 12.4. The molecule has 0 spiro atoms. The van der Waals surface area contributed by atoms with Crippen LogP contribution in [0.2, 0.25) is 0 Å². The number of hydrogen-bond acceptors (Lipinski definition) is 2. The van der Waals surface area contributed by atoms with Crippen LogP contribution in [0.15, 0.2) is 66.7 Å². The number of nitrogens with one attached hydrogen (secondary N) is 1. The lowest BCUT2D eigenvalue weighted by Crippen LogP contribution is -2.33. The first-order valence-electron chi connectivity index (χ1n) is 9.08. The number of carbonyl (C=O) groups is 1. The monoisotopic (exact) mass is 347 g/mol. The molecule has 3 rings (SSSR count). The molecule has 0 bridgehead atoms. The van der Waals surface area contributed by atoms with Crippen molar-refractivity contribution in [3.8, 4) is 5.75 Å². The molecule has 0 saturated heterocycles. The van der Waals surface area contributed by atoms with Crippen LogP contribution in [0, 0.1) is 12.8 Å². The van der Waals surface area contributed by atoms with Crippen molar-refractivity contribution >= 4 is 16.7 Å². The molecule has 0 fully saturated rings. The van der Waals surface area contributed by atoms with Crippen molar-refractivity contribution < 1.29 is 9.53 Å². The Kier molecular flexibility index (Phi) is 5.90. The van der Waals surface area contributed by atoms with Crippen molar-refractivity contribution in [3.63, 3.8) is 0 Å². The van der Waals surface area contributed by atoms with Gasteiger partial charge in [0.15, 0.2) is 0 Å². The molecule has 0 unspecified atom stereocenters. The normalized spacial score (nSPS) is 11.9. The molecule has 26 heavy (non-hydrogen) atoms. The lowest BCUT2D eigenvalue weighted by atomic mass is 9.95. The summed E-state index contributed by atoms with van der Waals surface area (Å²) in [6.07, 6.45) is 0.728. The van der Waals surface area contributed by atoms with Crippen LogP contribution in [0.4, 0.5) is 0 Å². The van der Waals surface area contributed by atoms with Crippen molar-refractivity contribution in [1.29, 1.82) is 0 Å². The Morgan fingerprint density at radius 3 is 2.58 bits per heavy atom. The lowest BCUT2D eigenvalue weighted by molar-refractivity contribution is -0.124. The molecule has 1 atom stereocenters. The molecule has 3 aromatic rings. The maximum absolute atomic E-state index is 12.4. The summed E-state index contributed by atoms with van der Waals surface area (Å²) >= 11 is 0. The molecule has 1 amide bonds. The Morgan fingerprint density at radius 1 is 1.00 bits per heavy atom. The third-order valence-electron chi connectivity index (χ3n) is 4.61. The fourth-order valence-electron chi connectivity index (χ4n) is 3.12. The van der Waals surface area contributed by atoms with Gasteiger partial charge in [-0.2, -0.15) is 0 Å². The topological polar surface area (TPSA) is 38.3 Å². The summed E-state index contributed by atoms with van der Waals surface area (Å²) in [7, 11) is 0. The molecule has 1 N–H and O–H groups in total. The second kappa shape index (κ2) is 8.52. The Balaban J connectivity index is 1.51. The first-order chi connectivity index (χ1) is 12.6. The minimum absolute atomic E-state index is 0.0614. The third kappa shape index (κ3) is 4.42. The van der Waals surface area contributed by atoms with E-state index in [1.807, 2.05) is 50.2 Å². The van der Waals surface area contributed by atoms with Crippen LogP contribution in [-0.2, 0) is 11.2 Å². The van der Waals surface area contributed by atoms with E-state index in [9.17, 15) is 4.79 Å². The van der Waals surface area contributed by atoms with Gasteiger partial charge in [-0.05, 0) is 41.3 Å². The van der Waals surface area contributed by atoms with Crippen molar-refractivity contribution in [2.45, 2.75) is 20.3 Å². The van der Waals surface area contributed by atoms with E-state index in [2.05, 4.69) is 35.6 Å². The first kappa shape index (κ1) is 18.0. The molecule has 0 aliphatic carbocycles. The molecule has 134 valence electrons. The Morgan fingerprint density at radius 2 is 1.73 bits per heavy atom. The molecule has 0 radical (unpaired) electrons. The number of carbonyl (C=O) groups excluding carboxylic acids is 1. The molecular weight excluding hydrogens is 322 g/mol. The van der Waals surface area contributed by atoms with Crippen LogP contribution in [-0.4, -0.2) is 19.1 Å². The average molecular weight is 347 g/mol. The minimum Gasteiger partial charge on any atom is -0.491 e. The second-order valence-corrected chi connectivity index (χ2v) is 6.65. The van der Waals surface area contributed by atoms with E-state index in [1.54, 1.807) is 0 Å². The first-order valence-corrected chi connectivity index (χ1v) is 9.08. The quantitative estimate of drug-likeness (QED) is 0.638. The van der Waals surface area contributed by atoms with Crippen LogP contribution in [0.1, 0.15) is 18.1 Å². The van der Waals surface area contributed by atoms with Crippen molar-refractivity contribution in [1.82, 2.24) is 5.32 Å². The SMILES string of the molecule is Cc1ccccc1OCCNC(=O)[C@@H](C)Cc1cccc2ccccc12. The van der Waals surface area contributed by atoms with Gasteiger partial charge < -0.3 is 10.1 Å². The highest BCUT2D eigenvalue weighted by molar-refractivity contribution is 5.86. The van der Waals surface area contributed by atoms with E-state index >= 15 is 0 Å². The van der Waals surface area contributed by atoms with Gasteiger partial charge in [0, 0.05) is 5.92 Å². The van der Waals surface area contributed by atoms with E-state index in [4.69, 9.17) is 4.74 Å². The van der Waals surface area contributed by atoms with Gasteiger partial charge >= 0.3 is 0 Å². The number of aryl methyl sites for hydroxylation is 1. The molecule has 3 heteroatoms. The number of ether oxygens (including phenoxy) is 1. The predicted molar refractivity (Wildman–Crippen MR) is 106 cm³/mol. The maximum Gasteiger partial charge on any atom is 0.223 e. The van der Waals surface area contributed by atoms with E-state index < -0.39 is 0 Å². The molecule has 0 saturated carbocycles. The van der Waals surface area contributed by atoms with Crippen LogP contribution >= 0.6 is 0 Å². The summed E-state index contributed by atoms with van der Waals surface area (Å²) in [5, 5.41) is 5.41. The Labute approximate surface area is 155 Å². The van der Waals surface area contributed by atoms with Crippen molar-refractivity contribution in [3.05, 3.63) is 77.9 Å².